The Hall–Kier alpha value is -3.95. The van der Waals surface area contributed by atoms with E-state index in [1.807, 2.05) is 13.1 Å². The van der Waals surface area contributed by atoms with Crippen LogP contribution in [0.5, 0.6) is 11.5 Å². The van der Waals surface area contributed by atoms with Gasteiger partial charge in [0.1, 0.15) is 10.5 Å². The molecule has 1 atom stereocenters. The van der Waals surface area contributed by atoms with Crippen LogP contribution < -0.4 is 15.4 Å². The highest BCUT2D eigenvalue weighted by Crippen LogP contribution is 2.36. The van der Waals surface area contributed by atoms with E-state index < -0.39 is 0 Å². The molecule has 0 unspecified atom stereocenters. The number of nitriles is 1. The van der Waals surface area contributed by atoms with Crippen molar-refractivity contribution in [2.75, 3.05) is 23.8 Å². The first kappa shape index (κ1) is 23.8. The van der Waals surface area contributed by atoms with Crippen molar-refractivity contribution in [3.05, 3.63) is 35.2 Å². The molecule has 0 bridgehead atoms. The van der Waals surface area contributed by atoms with Crippen molar-refractivity contribution < 1.29 is 9.47 Å². The molecule has 2 N–H and O–H groups in total. The predicted octanol–water partition coefficient (Wildman–Crippen LogP) is 4.30. The second-order valence-electron chi connectivity index (χ2n) is 9.47. The minimum Gasteiger partial charge on any atom is -0.452 e. The van der Waals surface area contributed by atoms with Gasteiger partial charge in [0.25, 0.3) is 0 Å². The van der Waals surface area contributed by atoms with Gasteiger partial charge in [-0.1, -0.05) is 32.4 Å². The molecule has 0 aromatic carbocycles. The molecule has 13 heteroatoms. The number of nitrogens with one attached hydrogen (secondary N) is 2. The second-order valence-corrected chi connectivity index (χ2v) is 9.85. The molecular formula is C23H25ClN10O2. The van der Waals surface area contributed by atoms with Gasteiger partial charge < -0.3 is 19.4 Å². The molecule has 0 amide bonds. The maximum atomic E-state index is 8.78. The van der Waals surface area contributed by atoms with Crippen molar-refractivity contribution in [2.24, 2.45) is 7.05 Å². The van der Waals surface area contributed by atoms with Gasteiger partial charge in [-0.2, -0.15) is 20.4 Å². The van der Waals surface area contributed by atoms with Crippen LogP contribution in [-0.2, 0) is 17.2 Å². The van der Waals surface area contributed by atoms with Gasteiger partial charge in [-0.05, 0) is 6.42 Å². The van der Waals surface area contributed by atoms with Crippen molar-refractivity contribution >= 4 is 40.3 Å². The molecule has 1 saturated heterocycles. The SMILES string of the molecule is Cn1c(Nc2cc(C(C)(C)C)n([C@H]3CCOC3)n2)nc2ncc(Oc3cnnc(NC#N)c3)c(Cl)c21. The highest BCUT2D eigenvalue weighted by Gasteiger charge is 2.28. The number of nitrogens with zero attached hydrogens (tertiary/aromatic N) is 8. The molecule has 1 fully saturated rings. The van der Waals surface area contributed by atoms with E-state index in [-0.39, 0.29) is 17.3 Å². The van der Waals surface area contributed by atoms with Crippen LogP contribution in [0.15, 0.2) is 24.5 Å². The average Bonchev–Trinajstić information content (AvgIpc) is 3.56. The van der Waals surface area contributed by atoms with Gasteiger partial charge in [-0.25, -0.2) is 4.98 Å². The Labute approximate surface area is 212 Å². The fourth-order valence-corrected chi connectivity index (χ4v) is 4.37. The first-order valence-electron chi connectivity index (χ1n) is 11.4. The molecule has 1 aliphatic rings. The Bertz CT molecular complexity index is 1460. The number of imidazole rings is 1. The lowest BCUT2D eigenvalue weighted by Gasteiger charge is -2.22. The summed E-state index contributed by atoms with van der Waals surface area (Å²) in [7, 11) is 1.84. The molecule has 4 aromatic heterocycles. The standard InChI is InChI=1S/C23H25ClN10O2/c1-23(2,3)16-8-18(32-34(16)13-5-6-35-11-13)29-22-30-21-20(33(22)4)19(24)15(10-26-21)36-14-7-17(27-12-25)31-28-9-14/h7-10,13H,5-6,11H2,1-4H3,(H,27,31)(H,26,29,30,32)/t13-/m0/s1. The van der Waals surface area contributed by atoms with Gasteiger partial charge in [0.05, 0.1) is 25.0 Å². The molecule has 1 aliphatic heterocycles. The summed E-state index contributed by atoms with van der Waals surface area (Å²) in [6.45, 7) is 7.88. The van der Waals surface area contributed by atoms with Crippen LogP contribution in [0.25, 0.3) is 11.2 Å². The number of rotatable bonds is 6. The van der Waals surface area contributed by atoms with E-state index >= 15 is 0 Å². The topological polar surface area (TPSA) is 141 Å². The number of hydrogen-bond donors (Lipinski definition) is 2. The third kappa shape index (κ3) is 4.50. The number of aromatic nitrogens is 7. The lowest BCUT2D eigenvalue weighted by molar-refractivity contribution is 0.183. The van der Waals surface area contributed by atoms with Crippen LogP contribution in [-0.4, -0.2) is 47.7 Å². The zero-order valence-electron chi connectivity index (χ0n) is 20.3. The van der Waals surface area contributed by atoms with Gasteiger partial charge in [0, 0.05) is 36.9 Å². The van der Waals surface area contributed by atoms with E-state index in [2.05, 4.69) is 56.3 Å². The molecule has 0 aliphatic carbocycles. The summed E-state index contributed by atoms with van der Waals surface area (Å²) in [4.78, 5) is 9.03. The minimum absolute atomic E-state index is 0.0938. The van der Waals surface area contributed by atoms with Crippen molar-refractivity contribution in [2.45, 2.75) is 38.6 Å². The first-order valence-corrected chi connectivity index (χ1v) is 11.7. The smallest absolute Gasteiger partial charge is 0.210 e. The van der Waals surface area contributed by atoms with Gasteiger partial charge >= 0.3 is 0 Å². The summed E-state index contributed by atoms with van der Waals surface area (Å²) in [6, 6.07) is 3.79. The number of ether oxygens (including phenoxy) is 2. The van der Waals surface area contributed by atoms with Crippen molar-refractivity contribution in [1.29, 1.82) is 5.26 Å². The largest absolute Gasteiger partial charge is 0.452 e. The van der Waals surface area contributed by atoms with E-state index in [0.29, 0.717) is 46.1 Å². The normalized spacial score (nSPS) is 15.7. The summed E-state index contributed by atoms with van der Waals surface area (Å²) in [5.74, 6) is 2.14. The third-order valence-electron chi connectivity index (χ3n) is 5.84. The molecule has 186 valence electrons. The predicted molar refractivity (Wildman–Crippen MR) is 134 cm³/mol. The number of pyridine rings is 1. The number of aryl methyl sites for hydroxylation is 1. The fourth-order valence-electron chi connectivity index (χ4n) is 4.07. The molecule has 36 heavy (non-hydrogen) atoms. The van der Waals surface area contributed by atoms with Gasteiger partial charge in [-0.3, -0.25) is 10.00 Å². The quantitative estimate of drug-likeness (QED) is 0.286. The zero-order chi connectivity index (χ0) is 25.4. The summed E-state index contributed by atoms with van der Waals surface area (Å²) < 4.78 is 15.3. The molecule has 0 saturated carbocycles. The average molecular weight is 509 g/mol. The maximum Gasteiger partial charge on any atom is 0.210 e. The Balaban J connectivity index is 1.46. The Kier molecular flexibility index (Phi) is 6.11. The summed E-state index contributed by atoms with van der Waals surface area (Å²) in [6.07, 6.45) is 5.63. The lowest BCUT2D eigenvalue weighted by Crippen LogP contribution is -2.22. The minimum atomic E-state index is -0.0938. The number of hydrogen-bond acceptors (Lipinski definition) is 10. The third-order valence-corrected chi connectivity index (χ3v) is 6.21. The van der Waals surface area contributed by atoms with E-state index in [0.717, 1.165) is 18.7 Å². The van der Waals surface area contributed by atoms with Gasteiger partial charge in [0.2, 0.25) is 5.95 Å². The molecular weight excluding hydrogens is 484 g/mol. The molecule has 0 spiro atoms. The van der Waals surface area contributed by atoms with Crippen LogP contribution in [0.2, 0.25) is 5.02 Å². The molecule has 5 rings (SSSR count). The van der Waals surface area contributed by atoms with E-state index in [1.54, 1.807) is 10.8 Å². The highest BCUT2D eigenvalue weighted by atomic mass is 35.5. The van der Waals surface area contributed by atoms with Gasteiger partial charge in [0.15, 0.2) is 35.0 Å². The van der Waals surface area contributed by atoms with Crippen molar-refractivity contribution in [3.63, 3.8) is 0 Å². The molecule has 12 nitrogen and oxygen atoms in total. The lowest BCUT2D eigenvalue weighted by atomic mass is 9.91. The molecule has 4 aromatic rings. The van der Waals surface area contributed by atoms with Crippen LogP contribution in [0.3, 0.4) is 0 Å². The number of halogens is 1. The summed E-state index contributed by atoms with van der Waals surface area (Å²) in [5.41, 5.74) is 2.07. The number of anilines is 3. The van der Waals surface area contributed by atoms with Crippen LogP contribution >= 0.6 is 11.6 Å². The van der Waals surface area contributed by atoms with Crippen molar-refractivity contribution in [3.8, 4) is 17.7 Å². The fraction of sp³-hybridized carbons (Fsp3) is 0.391. The summed E-state index contributed by atoms with van der Waals surface area (Å²) in [5, 5.41) is 27.3. The van der Waals surface area contributed by atoms with E-state index in [4.69, 9.17) is 31.4 Å². The highest BCUT2D eigenvalue weighted by molar-refractivity contribution is 6.36. The maximum absolute atomic E-state index is 8.78. The monoisotopic (exact) mass is 508 g/mol. The Morgan fingerprint density at radius 3 is 2.81 bits per heavy atom. The van der Waals surface area contributed by atoms with E-state index in [1.165, 1.54) is 18.5 Å². The number of fused-ring (bicyclic) bond motifs is 1. The second kappa shape index (κ2) is 9.25. The van der Waals surface area contributed by atoms with Crippen LogP contribution in [0.1, 0.15) is 38.9 Å². The summed E-state index contributed by atoms with van der Waals surface area (Å²) >= 11 is 6.70. The van der Waals surface area contributed by atoms with E-state index in [9.17, 15) is 0 Å². The first-order chi connectivity index (χ1) is 17.2. The van der Waals surface area contributed by atoms with Crippen LogP contribution in [0, 0.1) is 11.5 Å². The van der Waals surface area contributed by atoms with Crippen LogP contribution in [0.4, 0.5) is 17.6 Å². The zero-order valence-corrected chi connectivity index (χ0v) is 21.0. The molecule has 0 radical (unpaired) electrons. The Morgan fingerprint density at radius 1 is 1.25 bits per heavy atom. The molecule has 5 heterocycles. The Morgan fingerprint density at radius 2 is 2.08 bits per heavy atom. The van der Waals surface area contributed by atoms with Gasteiger partial charge in [-0.15, -0.1) is 5.10 Å². The van der Waals surface area contributed by atoms with Crippen molar-refractivity contribution in [1.82, 2.24) is 34.5 Å².